The monoisotopic (exact) mass is 355 g/mol. The summed E-state index contributed by atoms with van der Waals surface area (Å²) in [6.45, 7) is 2.23. The molecule has 0 saturated carbocycles. The van der Waals surface area contributed by atoms with Crippen LogP contribution < -0.4 is 10.6 Å². The number of nitriles is 1. The van der Waals surface area contributed by atoms with Gasteiger partial charge in [0.05, 0.1) is 13.3 Å². The Morgan fingerprint density at radius 1 is 1.38 bits per heavy atom. The zero-order chi connectivity index (χ0) is 18.7. The lowest BCUT2D eigenvalue weighted by Crippen LogP contribution is -2.49. The van der Waals surface area contributed by atoms with Crippen LogP contribution in [0.5, 0.6) is 0 Å². The van der Waals surface area contributed by atoms with Crippen molar-refractivity contribution in [2.45, 2.75) is 0 Å². The number of methoxy groups -OCH3 is 1. The van der Waals surface area contributed by atoms with Gasteiger partial charge in [-0.2, -0.15) is 5.26 Å². The molecule has 0 radical (unpaired) electrons. The SMILES string of the molecule is COC(=O)N1CCN(c2cnc3[nH]cc(/C=C(\C#N)C(N)=O)c3n2)CC1. The molecule has 1 fully saturated rings. The largest absolute Gasteiger partial charge is 0.453 e. The second-order valence-corrected chi connectivity index (χ2v) is 5.65. The topological polar surface area (TPSA) is 141 Å². The number of hydrogen-bond donors (Lipinski definition) is 2. The molecule has 134 valence electrons. The highest BCUT2D eigenvalue weighted by molar-refractivity contribution is 6.02. The van der Waals surface area contributed by atoms with E-state index in [2.05, 4.69) is 15.0 Å². The van der Waals surface area contributed by atoms with Gasteiger partial charge in [-0.3, -0.25) is 4.79 Å². The van der Waals surface area contributed by atoms with Crippen molar-refractivity contribution < 1.29 is 14.3 Å². The fraction of sp³-hybridized carbons (Fsp3) is 0.312. The number of ether oxygens (including phenoxy) is 1. The molecule has 3 heterocycles. The minimum Gasteiger partial charge on any atom is -0.453 e. The van der Waals surface area contributed by atoms with Crippen LogP contribution in [0.25, 0.3) is 17.2 Å². The third-order valence-electron chi connectivity index (χ3n) is 4.12. The summed E-state index contributed by atoms with van der Waals surface area (Å²) in [5, 5.41) is 9.00. The average Bonchev–Trinajstić information content (AvgIpc) is 3.07. The van der Waals surface area contributed by atoms with Crippen molar-refractivity contribution in [2.75, 3.05) is 38.2 Å². The van der Waals surface area contributed by atoms with Gasteiger partial charge < -0.3 is 25.3 Å². The number of nitrogens with one attached hydrogen (secondary N) is 1. The quantitative estimate of drug-likeness (QED) is 0.593. The average molecular weight is 355 g/mol. The Kier molecular flexibility index (Phi) is 4.70. The van der Waals surface area contributed by atoms with E-state index in [4.69, 9.17) is 15.7 Å². The van der Waals surface area contributed by atoms with Crippen LogP contribution in [0.2, 0.25) is 0 Å². The lowest BCUT2D eigenvalue weighted by Gasteiger charge is -2.34. The van der Waals surface area contributed by atoms with Crippen LogP contribution in [0.3, 0.4) is 0 Å². The van der Waals surface area contributed by atoms with Crippen LogP contribution in [-0.2, 0) is 9.53 Å². The number of amides is 2. The van der Waals surface area contributed by atoms with Gasteiger partial charge in [-0.15, -0.1) is 0 Å². The summed E-state index contributed by atoms with van der Waals surface area (Å²) in [5.41, 5.74) is 6.64. The van der Waals surface area contributed by atoms with Gasteiger partial charge in [0, 0.05) is 37.9 Å². The third-order valence-corrected chi connectivity index (χ3v) is 4.12. The summed E-state index contributed by atoms with van der Waals surface area (Å²) < 4.78 is 4.73. The maximum atomic E-state index is 11.6. The molecule has 3 N–H and O–H groups in total. The van der Waals surface area contributed by atoms with Gasteiger partial charge in [-0.25, -0.2) is 14.8 Å². The molecule has 2 amide bonds. The number of aromatic nitrogens is 3. The fourth-order valence-electron chi connectivity index (χ4n) is 2.72. The first-order chi connectivity index (χ1) is 12.5. The molecular weight excluding hydrogens is 338 g/mol. The van der Waals surface area contributed by atoms with Crippen molar-refractivity contribution in [1.29, 1.82) is 5.26 Å². The Hall–Kier alpha value is -3.61. The Morgan fingerprint density at radius 3 is 2.73 bits per heavy atom. The predicted molar refractivity (Wildman–Crippen MR) is 92.9 cm³/mol. The summed E-state index contributed by atoms with van der Waals surface area (Å²) >= 11 is 0. The van der Waals surface area contributed by atoms with E-state index in [9.17, 15) is 9.59 Å². The maximum absolute atomic E-state index is 11.6. The number of H-pyrrole nitrogens is 1. The molecule has 3 rings (SSSR count). The lowest BCUT2D eigenvalue weighted by molar-refractivity contribution is -0.114. The molecule has 2 aromatic heterocycles. The molecule has 10 nitrogen and oxygen atoms in total. The first kappa shape index (κ1) is 17.2. The molecule has 0 spiro atoms. The zero-order valence-electron chi connectivity index (χ0n) is 14.1. The van der Waals surface area contributed by atoms with E-state index in [0.29, 0.717) is 48.7 Å². The van der Waals surface area contributed by atoms with Gasteiger partial charge in [-0.05, 0) is 6.08 Å². The number of carbonyl (C=O) groups is 2. The van der Waals surface area contributed by atoms with E-state index in [1.54, 1.807) is 23.4 Å². The summed E-state index contributed by atoms with van der Waals surface area (Å²) in [6.07, 6.45) is 4.29. The number of primary amides is 1. The van der Waals surface area contributed by atoms with Crippen LogP contribution >= 0.6 is 0 Å². The van der Waals surface area contributed by atoms with Gasteiger partial charge in [0.2, 0.25) is 0 Å². The minimum absolute atomic E-state index is 0.162. The molecule has 0 aliphatic carbocycles. The van der Waals surface area contributed by atoms with E-state index < -0.39 is 5.91 Å². The number of carbonyl (C=O) groups excluding carboxylic acids is 2. The fourth-order valence-corrected chi connectivity index (χ4v) is 2.72. The molecule has 1 aliphatic heterocycles. The molecule has 1 saturated heterocycles. The van der Waals surface area contributed by atoms with Crippen LogP contribution in [0.15, 0.2) is 18.0 Å². The summed E-state index contributed by atoms with van der Waals surface area (Å²) in [6, 6.07) is 1.77. The van der Waals surface area contributed by atoms with Crippen LogP contribution in [0, 0.1) is 11.3 Å². The summed E-state index contributed by atoms with van der Waals surface area (Å²) in [4.78, 5) is 38.3. The maximum Gasteiger partial charge on any atom is 0.409 e. The molecule has 2 aromatic rings. The predicted octanol–water partition coefficient (Wildman–Crippen LogP) is 0.239. The second-order valence-electron chi connectivity index (χ2n) is 5.65. The third kappa shape index (κ3) is 3.27. The van der Waals surface area contributed by atoms with E-state index in [1.807, 2.05) is 4.90 Å². The van der Waals surface area contributed by atoms with Crippen molar-refractivity contribution in [1.82, 2.24) is 19.9 Å². The van der Waals surface area contributed by atoms with Crippen molar-refractivity contribution in [2.24, 2.45) is 5.73 Å². The molecular formula is C16H17N7O3. The summed E-state index contributed by atoms with van der Waals surface area (Å²) in [5.74, 6) is -0.154. The normalized spacial score (nSPS) is 15.0. The number of fused-ring (bicyclic) bond motifs is 1. The van der Waals surface area contributed by atoms with Crippen molar-refractivity contribution in [3.8, 4) is 6.07 Å². The standard InChI is InChI=1S/C16H17N7O3/c1-26-16(25)23-4-2-22(3-5-23)12-9-20-15-13(21-12)11(8-19-15)6-10(7-17)14(18)24/h6,8-9H,2-5H2,1H3,(H2,18,24)(H,19,20)/b10-6+. The smallest absolute Gasteiger partial charge is 0.409 e. The highest BCUT2D eigenvalue weighted by Gasteiger charge is 2.23. The van der Waals surface area contributed by atoms with E-state index in [0.717, 1.165) is 0 Å². The Balaban J connectivity index is 1.86. The Morgan fingerprint density at radius 2 is 2.12 bits per heavy atom. The number of rotatable bonds is 3. The van der Waals surface area contributed by atoms with E-state index in [-0.39, 0.29) is 11.7 Å². The molecule has 10 heteroatoms. The molecule has 0 bridgehead atoms. The summed E-state index contributed by atoms with van der Waals surface area (Å²) in [7, 11) is 1.36. The molecule has 0 atom stereocenters. The molecule has 26 heavy (non-hydrogen) atoms. The first-order valence-corrected chi connectivity index (χ1v) is 7.87. The molecule has 1 aliphatic rings. The van der Waals surface area contributed by atoms with Crippen LogP contribution in [-0.4, -0.2) is 65.1 Å². The number of aromatic amines is 1. The van der Waals surface area contributed by atoms with Gasteiger partial charge in [0.25, 0.3) is 5.91 Å². The van der Waals surface area contributed by atoms with Gasteiger partial charge in [-0.1, -0.05) is 0 Å². The lowest BCUT2D eigenvalue weighted by atomic mass is 10.2. The number of anilines is 1. The van der Waals surface area contributed by atoms with Crippen molar-refractivity contribution in [3.05, 3.63) is 23.5 Å². The number of hydrogen-bond acceptors (Lipinski definition) is 7. The van der Waals surface area contributed by atoms with Gasteiger partial charge in [0.1, 0.15) is 23.0 Å². The van der Waals surface area contributed by atoms with Crippen molar-refractivity contribution >= 4 is 35.1 Å². The highest BCUT2D eigenvalue weighted by atomic mass is 16.5. The number of piperazine rings is 1. The molecule has 0 unspecified atom stereocenters. The zero-order valence-corrected chi connectivity index (χ0v) is 14.1. The number of nitrogens with zero attached hydrogens (tertiary/aromatic N) is 5. The molecule has 0 aromatic carbocycles. The van der Waals surface area contributed by atoms with E-state index in [1.165, 1.54) is 13.2 Å². The minimum atomic E-state index is -0.801. The van der Waals surface area contributed by atoms with Gasteiger partial charge in [0.15, 0.2) is 5.65 Å². The Bertz CT molecular complexity index is 920. The number of nitrogens with two attached hydrogens (primary N) is 1. The second kappa shape index (κ2) is 7.10. The highest BCUT2D eigenvalue weighted by Crippen LogP contribution is 2.21. The van der Waals surface area contributed by atoms with Crippen molar-refractivity contribution in [3.63, 3.8) is 0 Å². The first-order valence-electron chi connectivity index (χ1n) is 7.87. The van der Waals surface area contributed by atoms with E-state index >= 15 is 0 Å². The Labute approximate surface area is 148 Å². The van der Waals surface area contributed by atoms with Gasteiger partial charge >= 0.3 is 6.09 Å². The van der Waals surface area contributed by atoms with Crippen LogP contribution in [0.1, 0.15) is 5.56 Å². The van der Waals surface area contributed by atoms with Crippen LogP contribution in [0.4, 0.5) is 10.6 Å².